The number of nitrogens with two attached hydrogens (primary N) is 1. The zero-order chi connectivity index (χ0) is 16.8. The number of rotatable bonds is 12. The molecule has 0 heterocycles. The molecule has 3 N–H and O–H groups in total. The highest BCUT2D eigenvalue weighted by Crippen LogP contribution is 2.10. The standard InChI is InChI=1S/C16H31N3O3/c1-3-4-5-6-7-8-9-10-11-12-14(20)22-15(21)13-19(2)16(17)18/h3-13H2,1-2H3,(H3,17,18). The van der Waals surface area contributed by atoms with Crippen LogP contribution in [0.4, 0.5) is 0 Å². The first kappa shape index (κ1) is 20.4. The number of unbranched alkanes of at least 4 members (excludes halogenated alkanes) is 8. The molecule has 0 aliphatic heterocycles. The van der Waals surface area contributed by atoms with Gasteiger partial charge in [-0.15, -0.1) is 0 Å². The number of hydrogen-bond acceptors (Lipinski definition) is 4. The van der Waals surface area contributed by atoms with Gasteiger partial charge in [-0.3, -0.25) is 10.2 Å². The van der Waals surface area contributed by atoms with Crippen LogP contribution in [0.25, 0.3) is 0 Å². The van der Waals surface area contributed by atoms with Crippen molar-refractivity contribution in [2.24, 2.45) is 5.73 Å². The molecular formula is C16H31N3O3. The Kier molecular flexibility index (Phi) is 12.2. The van der Waals surface area contributed by atoms with Crippen LogP contribution < -0.4 is 5.73 Å². The van der Waals surface area contributed by atoms with Gasteiger partial charge in [-0.05, 0) is 6.42 Å². The first-order chi connectivity index (χ1) is 10.5. The van der Waals surface area contributed by atoms with Crippen LogP contribution in [0.3, 0.4) is 0 Å². The molecule has 0 aromatic carbocycles. The highest BCUT2D eigenvalue weighted by Gasteiger charge is 2.13. The van der Waals surface area contributed by atoms with E-state index in [1.165, 1.54) is 50.5 Å². The predicted octanol–water partition coefficient (Wildman–Crippen LogP) is 2.80. The third-order valence-electron chi connectivity index (χ3n) is 3.49. The molecule has 0 rings (SSSR count). The number of guanidine groups is 1. The Hall–Kier alpha value is -1.59. The van der Waals surface area contributed by atoms with E-state index >= 15 is 0 Å². The normalized spacial score (nSPS) is 10.3. The van der Waals surface area contributed by atoms with Crippen LogP contribution in [0.2, 0.25) is 0 Å². The van der Waals surface area contributed by atoms with E-state index in [9.17, 15) is 9.59 Å². The quantitative estimate of drug-likeness (QED) is 0.190. The monoisotopic (exact) mass is 313 g/mol. The van der Waals surface area contributed by atoms with Gasteiger partial charge in [0.25, 0.3) is 0 Å². The lowest BCUT2D eigenvalue weighted by Crippen LogP contribution is -2.37. The number of nitrogens with zero attached hydrogens (tertiary/aromatic N) is 1. The summed E-state index contributed by atoms with van der Waals surface area (Å²) in [5.41, 5.74) is 5.20. The van der Waals surface area contributed by atoms with Gasteiger partial charge in [0, 0.05) is 13.5 Å². The fourth-order valence-corrected chi connectivity index (χ4v) is 2.07. The van der Waals surface area contributed by atoms with Crippen molar-refractivity contribution in [3.8, 4) is 0 Å². The van der Waals surface area contributed by atoms with E-state index in [4.69, 9.17) is 11.1 Å². The molecule has 128 valence electrons. The van der Waals surface area contributed by atoms with Gasteiger partial charge < -0.3 is 15.4 Å². The summed E-state index contributed by atoms with van der Waals surface area (Å²) < 4.78 is 4.67. The molecule has 0 saturated heterocycles. The third-order valence-corrected chi connectivity index (χ3v) is 3.49. The number of hydrogen-bond donors (Lipinski definition) is 2. The van der Waals surface area contributed by atoms with Crippen LogP contribution in [0, 0.1) is 5.41 Å². The van der Waals surface area contributed by atoms with E-state index in [1.807, 2.05) is 0 Å². The SMILES string of the molecule is CCCCCCCCCCCC(=O)OC(=O)CN(C)C(=N)N. The molecule has 0 atom stereocenters. The number of esters is 2. The van der Waals surface area contributed by atoms with Crippen molar-refractivity contribution in [2.75, 3.05) is 13.6 Å². The number of carbonyl (C=O) groups excluding carboxylic acids is 2. The molecule has 0 fully saturated rings. The van der Waals surface area contributed by atoms with E-state index in [1.54, 1.807) is 0 Å². The van der Waals surface area contributed by atoms with Gasteiger partial charge in [-0.1, -0.05) is 58.3 Å². The number of ether oxygens (including phenoxy) is 1. The lowest BCUT2D eigenvalue weighted by Gasteiger charge is -2.14. The van der Waals surface area contributed by atoms with E-state index in [0.29, 0.717) is 0 Å². The second-order valence-corrected chi connectivity index (χ2v) is 5.67. The summed E-state index contributed by atoms with van der Waals surface area (Å²) in [6, 6.07) is 0. The molecule has 0 aliphatic rings. The minimum Gasteiger partial charge on any atom is -0.392 e. The molecular weight excluding hydrogens is 282 g/mol. The lowest BCUT2D eigenvalue weighted by atomic mass is 10.1. The Morgan fingerprint density at radius 3 is 1.95 bits per heavy atom. The van der Waals surface area contributed by atoms with E-state index in [2.05, 4.69) is 11.7 Å². The Balaban J connectivity index is 3.50. The van der Waals surface area contributed by atoms with Gasteiger partial charge in [0.15, 0.2) is 5.96 Å². The van der Waals surface area contributed by atoms with E-state index < -0.39 is 11.9 Å². The molecule has 0 radical (unpaired) electrons. The molecule has 0 saturated carbocycles. The van der Waals surface area contributed by atoms with Crippen LogP contribution in [0.1, 0.15) is 71.1 Å². The van der Waals surface area contributed by atoms with Crippen molar-refractivity contribution in [2.45, 2.75) is 71.1 Å². The van der Waals surface area contributed by atoms with Crippen molar-refractivity contribution in [1.82, 2.24) is 4.90 Å². The summed E-state index contributed by atoms with van der Waals surface area (Å²) in [5.74, 6) is -1.40. The first-order valence-electron chi connectivity index (χ1n) is 8.26. The maximum Gasteiger partial charge on any atom is 0.333 e. The molecule has 22 heavy (non-hydrogen) atoms. The predicted molar refractivity (Wildman–Crippen MR) is 87.5 cm³/mol. The minimum absolute atomic E-state index is 0.182. The second kappa shape index (κ2) is 13.1. The molecule has 0 aliphatic carbocycles. The van der Waals surface area contributed by atoms with Gasteiger partial charge >= 0.3 is 11.9 Å². The molecule has 0 unspecified atom stereocenters. The van der Waals surface area contributed by atoms with Gasteiger partial charge in [-0.25, -0.2) is 4.79 Å². The summed E-state index contributed by atoms with van der Waals surface area (Å²) in [6.07, 6.45) is 10.8. The maximum absolute atomic E-state index is 11.5. The van der Waals surface area contributed by atoms with Gasteiger partial charge in [0.05, 0.1) is 0 Å². The maximum atomic E-state index is 11.5. The van der Waals surface area contributed by atoms with Gasteiger partial charge in [0.2, 0.25) is 0 Å². The highest BCUT2D eigenvalue weighted by atomic mass is 16.6. The van der Waals surface area contributed by atoms with Crippen molar-refractivity contribution in [3.63, 3.8) is 0 Å². The Morgan fingerprint density at radius 2 is 1.45 bits per heavy atom. The molecule has 0 spiro atoms. The van der Waals surface area contributed by atoms with Crippen molar-refractivity contribution in [1.29, 1.82) is 5.41 Å². The van der Waals surface area contributed by atoms with Crippen LogP contribution in [-0.4, -0.2) is 36.4 Å². The van der Waals surface area contributed by atoms with Crippen molar-refractivity contribution < 1.29 is 14.3 Å². The Morgan fingerprint density at radius 1 is 0.955 bits per heavy atom. The zero-order valence-corrected chi connectivity index (χ0v) is 14.0. The van der Waals surface area contributed by atoms with Crippen molar-refractivity contribution in [3.05, 3.63) is 0 Å². The van der Waals surface area contributed by atoms with Crippen LogP contribution in [-0.2, 0) is 14.3 Å². The summed E-state index contributed by atoms with van der Waals surface area (Å²) in [7, 11) is 1.49. The van der Waals surface area contributed by atoms with E-state index in [0.717, 1.165) is 19.3 Å². The van der Waals surface area contributed by atoms with Gasteiger partial charge in [0.1, 0.15) is 6.54 Å². The summed E-state index contributed by atoms with van der Waals surface area (Å²) >= 11 is 0. The summed E-state index contributed by atoms with van der Waals surface area (Å²) in [6.45, 7) is 2.03. The first-order valence-corrected chi connectivity index (χ1v) is 8.26. The van der Waals surface area contributed by atoms with Crippen LogP contribution in [0.5, 0.6) is 0 Å². The average molecular weight is 313 g/mol. The minimum atomic E-state index is -0.668. The van der Waals surface area contributed by atoms with Crippen LogP contribution >= 0.6 is 0 Å². The summed E-state index contributed by atoms with van der Waals surface area (Å²) in [4.78, 5) is 24.1. The largest absolute Gasteiger partial charge is 0.392 e. The molecule has 6 heteroatoms. The lowest BCUT2D eigenvalue weighted by molar-refractivity contribution is -0.159. The molecule has 0 bridgehead atoms. The number of likely N-dealkylation sites (N-methyl/N-ethyl adjacent to an activating group) is 1. The smallest absolute Gasteiger partial charge is 0.333 e. The Labute approximate surface area is 133 Å². The molecule has 0 aromatic rings. The second-order valence-electron chi connectivity index (χ2n) is 5.67. The molecule has 0 aromatic heterocycles. The topological polar surface area (TPSA) is 96.5 Å². The number of carbonyl (C=O) groups is 2. The fourth-order valence-electron chi connectivity index (χ4n) is 2.07. The summed E-state index contributed by atoms with van der Waals surface area (Å²) in [5, 5.41) is 7.12. The highest BCUT2D eigenvalue weighted by molar-refractivity contribution is 5.88. The zero-order valence-electron chi connectivity index (χ0n) is 14.0. The Bertz CT molecular complexity index is 346. The third kappa shape index (κ3) is 12.2. The van der Waals surface area contributed by atoms with Crippen molar-refractivity contribution >= 4 is 17.9 Å². The molecule has 6 nitrogen and oxygen atoms in total. The van der Waals surface area contributed by atoms with Crippen LogP contribution in [0.15, 0.2) is 0 Å². The molecule has 0 amide bonds. The average Bonchev–Trinajstić information content (AvgIpc) is 2.45. The van der Waals surface area contributed by atoms with Gasteiger partial charge in [-0.2, -0.15) is 0 Å². The fraction of sp³-hybridized carbons (Fsp3) is 0.812. The van der Waals surface area contributed by atoms with E-state index in [-0.39, 0.29) is 18.9 Å². The number of nitrogens with one attached hydrogen (secondary N) is 1.